The maximum atomic E-state index is 13.0. The van der Waals surface area contributed by atoms with Gasteiger partial charge in [-0.15, -0.1) is 0 Å². The molecule has 1 amide bonds. The summed E-state index contributed by atoms with van der Waals surface area (Å²) in [5, 5.41) is 0.438. The van der Waals surface area contributed by atoms with Gasteiger partial charge in [-0.25, -0.2) is 13.2 Å². The first-order valence-electron chi connectivity index (χ1n) is 11.2. The van der Waals surface area contributed by atoms with Crippen molar-refractivity contribution in [1.82, 2.24) is 4.90 Å². The lowest BCUT2D eigenvalue weighted by Gasteiger charge is -2.37. The van der Waals surface area contributed by atoms with Crippen molar-refractivity contribution < 1.29 is 22.4 Å². The summed E-state index contributed by atoms with van der Waals surface area (Å²) in [7, 11) is -3.13. The van der Waals surface area contributed by atoms with Crippen molar-refractivity contribution in [2.24, 2.45) is 5.92 Å². The summed E-state index contributed by atoms with van der Waals surface area (Å²) in [5.41, 5.74) is 2.17. The molecule has 0 atom stereocenters. The van der Waals surface area contributed by atoms with Gasteiger partial charge in [-0.05, 0) is 50.1 Å². The minimum atomic E-state index is -3.13. The van der Waals surface area contributed by atoms with Gasteiger partial charge in [-0.3, -0.25) is 4.79 Å². The molecule has 7 nitrogen and oxygen atoms in total. The first kappa shape index (κ1) is 24.6. The van der Waals surface area contributed by atoms with Gasteiger partial charge in [-0.1, -0.05) is 36.1 Å². The van der Waals surface area contributed by atoms with Crippen LogP contribution >= 0.6 is 0 Å². The first-order chi connectivity index (χ1) is 16.4. The number of ether oxygens (including phenoxy) is 1. The molecule has 0 radical (unpaired) electrons. The molecular formula is C27H27NO6S. The Balaban J connectivity index is 1.47. The highest BCUT2D eigenvalue weighted by molar-refractivity contribution is 7.89. The molecule has 1 aromatic heterocycles. The van der Waals surface area contributed by atoms with E-state index in [-0.39, 0.29) is 23.2 Å². The van der Waals surface area contributed by atoms with Gasteiger partial charge in [0.2, 0.25) is 0 Å². The molecule has 0 unspecified atom stereocenters. The molecule has 0 N–H and O–H groups in total. The lowest BCUT2D eigenvalue weighted by Crippen LogP contribution is -2.51. The Kier molecular flexibility index (Phi) is 6.48. The summed E-state index contributed by atoms with van der Waals surface area (Å²) in [6, 6.07) is 12.0. The molecular weight excluding hydrogens is 466 g/mol. The van der Waals surface area contributed by atoms with Crippen LogP contribution in [0.2, 0.25) is 0 Å². The largest absolute Gasteiger partial charge is 0.463 e. The highest BCUT2D eigenvalue weighted by Gasteiger charge is 2.32. The van der Waals surface area contributed by atoms with E-state index < -0.39 is 15.4 Å². The van der Waals surface area contributed by atoms with Crippen molar-refractivity contribution in [2.45, 2.75) is 32.1 Å². The molecule has 0 bridgehead atoms. The van der Waals surface area contributed by atoms with Crippen LogP contribution in [0.1, 0.15) is 31.9 Å². The smallest absolute Gasteiger partial charge is 0.410 e. The molecule has 2 heterocycles. The van der Waals surface area contributed by atoms with Gasteiger partial charge in [0.05, 0.1) is 22.6 Å². The number of hydrogen-bond acceptors (Lipinski definition) is 6. The SMILES string of the molecule is CC(C)(C)OC(=O)N1CC(C#Cc2ccc3c(=O)c(-c4ccc(CS(C)(=O)=O)cc4)coc3c2)C1. The predicted octanol–water partition coefficient (Wildman–Crippen LogP) is 4.22. The van der Waals surface area contributed by atoms with Crippen LogP contribution in [-0.4, -0.2) is 44.4 Å². The fraction of sp³-hybridized carbons (Fsp3) is 0.333. The molecule has 8 heteroatoms. The fourth-order valence-electron chi connectivity index (χ4n) is 3.72. The zero-order valence-corrected chi connectivity index (χ0v) is 20.9. The van der Waals surface area contributed by atoms with Gasteiger partial charge >= 0.3 is 6.09 Å². The summed E-state index contributed by atoms with van der Waals surface area (Å²) in [4.78, 5) is 26.7. The summed E-state index contributed by atoms with van der Waals surface area (Å²) in [5.74, 6) is 6.27. The number of carbonyl (C=O) groups excluding carboxylic acids is 1. The molecule has 1 saturated heterocycles. The Hall–Kier alpha value is -3.57. The third kappa shape index (κ3) is 6.11. The summed E-state index contributed by atoms with van der Waals surface area (Å²) in [6.45, 7) is 6.55. The third-order valence-corrected chi connectivity index (χ3v) is 6.28. The van der Waals surface area contributed by atoms with Crippen molar-refractivity contribution in [3.8, 4) is 23.0 Å². The van der Waals surface area contributed by atoms with Crippen LogP contribution in [0.3, 0.4) is 0 Å². The maximum Gasteiger partial charge on any atom is 0.410 e. The fourth-order valence-corrected chi connectivity index (χ4v) is 4.52. The first-order valence-corrected chi connectivity index (χ1v) is 13.3. The van der Waals surface area contributed by atoms with E-state index in [1.165, 1.54) is 12.5 Å². The van der Waals surface area contributed by atoms with Gasteiger partial charge in [0.1, 0.15) is 17.4 Å². The van der Waals surface area contributed by atoms with Crippen LogP contribution in [-0.2, 0) is 20.3 Å². The molecule has 35 heavy (non-hydrogen) atoms. The molecule has 0 spiro atoms. The number of sulfone groups is 1. The number of hydrogen-bond donors (Lipinski definition) is 0. The number of amides is 1. The molecule has 4 rings (SSSR count). The van der Waals surface area contributed by atoms with Gasteiger partial charge in [0.25, 0.3) is 0 Å². The Morgan fingerprint density at radius 1 is 1.14 bits per heavy atom. The summed E-state index contributed by atoms with van der Waals surface area (Å²) in [6.07, 6.45) is 2.27. The average molecular weight is 494 g/mol. The molecule has 182 valence electrons. The minimum Gasteiger partial charge on any atom is -0.463 e. The van der Waals surface area contributed by atoms with E-state index in [1.807, 2.05) is 20.8 Å². The second kappa shape index (κ2) is 9.23. The molecule has 0 aliphatic carbocycles. The Bertz CT molecular complexity index is 1500. The molecule has 0 saturated carbocycles. The Morgan fingerprint density at radius 3 is 2.46 bits per heavy atom. The molecule has 1 aliphatic rings. The Labute approximate surface area is 204 Å². The van der Waals surface area contributed by atoms with E-state index in [1.54, 1.807) is 47.4 Å². The maximum absolute atomic E-state index is 13.0. The van der Waals surface area contributed by atoms with E-state index in [0.717, 1.165) is 0 Å². The monoisotopic (exact) mass is 493 g/mol. The van der Waals surface area contributed by atoms with Crippen LogP contribution in [0.15, 0.2) is 57.9 Å². The summed E-state index contributed by atoms with van der Waals surface area (Å²) >= 11 is 0. The number of fused-ring (bicyclic) bond motifs is 1. The molecule has 3 aromatic rings. The van der Waals surface area contributed by atoms with Gasteiger partial charge in [-0.2, -0.15) is 0 Å². The molecule has 1 fully saturated rings. The number of rotatable bonds is 3. The molecule has 1 aliphatic heterocycles. The second-order valence-electron chi connectivity index (χ2n) is 9.81. The van der Waals surface area contributed by atoms with Crippen LogP contribution in [0, 0.1) is 17.8 Å². The highest BCUT2D eigenvalue weighted by Crippen LogP contribution is 2.22. The number of carbonyl (C=O) groups is 1. The van der Waals surface area contributed by atoms with Crippen LogP contribution in [0.25, 0.3) is 22.1 Å². The van der Waals surface area contributed by atoms with Crippen molar-refractivity contribution >= 4 is 26.9 Å². The number of likely N-dealkylation sites (tertiary alicyclic amines) is 1. The topological polar surface area (TPSA) is 93.9 Å². The zero-order valence-electron chi connectivity index (χ0n) is 20.1. The number of nitrogens with zero attached hydrogens (tertiary/aromatic N) is 1. The average Bonchev–Trinajstić information content (AvgIpc) is 2.71. The van der Waals surface area contributed by atoms with Crippen molar-refractivity contribution in [2.75, 3.05) is 19.3 Å². The second-order valence-corrected chi connectivity index (χ2v) is 11.9. The van der Waals surface area contributed by atoms with E-state index in [4.69, 9.17) is 9.15 Å². The quantitative estimate of drug-likeness (QED) is 0.507. The normalized spacial score (nSPS) is 14.2. The van der Waals surface area contributed by atoms with Gasteiger partial charge in [0.15, 0.2) is 15.3 Å². The van der Waals surface area contributed by atoms with E-state index >= 15 is 0 Å². The third-order valence-electron chi connectivity index (χ3n) is 5.42. The molecule has 2 aromatic carbocycles. The lowest BCUT2D eigenvalue weighted by atomic mass is 10.0. The van der Waals surface area contributed by atoms with Crippen molar-refractivity contribution in [3.63, 3.8) is 0 Å². The van der Waals surface area contributed by atoms with E-state index in [9.17, 15) is 18.0 Å². The zero-order chi connectivity index (χ0) is 25.4. The van der Waals surface area contributed by atoms with E-state index in [2.05, 4.69) is 11.8 Å². The lowest BCUT2D eigenvalue weighted by molar-refractivity contribution is 0.00591. The van der Waals surface area contributed by atoms with Gasteiger partial charge in [0, 0.05) is 24.9 Å². The highest BCUT2D eigenvalue weighted by atomic mass is 32.2. The number of benzene rings is 2. The van der Waals surface area contributed by atoms with Gasteiger partial charge < -0.3 is 14.1 Å². The van der Waals surface area contributed by atoms with Crippen LogP contribution in [0.5, 0.6) is 0 Å². The predicted molar refractivity (Wildman–Crippen MR) is 135 cm³/mol. The van der Waals surface area contributed by atoms with E-state index in [0.29, 0.717) is 46.3 Å². The van der Waals surface area contributed by atoms with Crippen LogP contribution < -0.4 is 5.43 Å². The standard InChI is InChI=1S/C27H27NO6S/c1-27(2,3)34-26(30)28-14-20(15-28)6-5-18-9-12-22-24(13-18)33-16-23(25(22)29)21-10-7-19(8-11-21)17-35(4,31)32/h7-13,16,20H,14-15,17H2,1-4H3. The minimum absolute atomic E-state index is 0.0523. The Morgan fingerprint density at radius 2 is 1.83 bits per heavy atom. The van der Waals surface area contributed by atoms with Crippen molar-refractivity contribution in [1.29, 1.82) is 0 Å². The summed E-state index contributed by atoms with van der Waals surface area (Å²) < 4.78 is 34.0. The van der Waals surface area contributed by atoms with Crippen molar-refractivity contribution in [3.05, 3.63) is 70.1 Å². The van der Waals surface area contributed by atoms with Crippen LogP contribution in [0.4, 0.5) is 4.79 Å².